The van der Waals surface area contributed by atoms with Crippen LogP contribution in [0.3, 0.4) is 0 Å². The molecular formula is C16H19ClN2O2S. The highest BCUT2D eigenvalue weighted by Gasteiger charge is 2.20. The molecule has 0 amide bonds. The molecule has 118 valence electrons. The molecule has 0 unspecified atom stereocenters. The maximum absolute atomic E-state index is 12.3. The minimum atomic E-state index is -3.44. The van der Waals surface area contributed by atoms with Crippen LogP contribution >= 0.6 is 11.6 Å². The molecule has 0 spiro atoms. The number of sulfonamides is 1. The predicted molar refractivity (Wildman–Crippen MR) is 89.3 cm³/mol. The van der Waals surface area contributed by atoms with Crippen LogP contribution in [-0.2, 0) is 23.1 Å². The lowest BCUT2D eigenvalue weighted by molar-refractivity contribution is 0.518. The summed E-state index contributed by atoms with van der Waals surface area (Å²) in [6.07, 6.45) is 0. The monoisotopic (exact) mass is 338 g/mol. The molecule has 0 heterocycles. The van der Waals surface area contributed by atoms with Gasteiger partial charge in [0.15, 0.2) is 0 Å². The number of benzene rings is 2. The van der Waals surface area contributed by atoms with Crippen LogP contribution in [0.4, 0.5) is 0 Å². The van der Waals surface area contributed by atoms with Gasteiger partial charge in [-0.05, 0) is 29.3 Å². The lowest BCUT2D eigenvalue weighted by atomic mass is 10.2. The molecule has 1 N–H and O–H groups in total. The van der Waals surface area contributed by atoms with Crippen LogP contribution in [0.5, 0.6) is 0 Å². The van der Waals surface area contributed by atoms with Gasteiger partial charge in [-0.15, -0.1) is 0 Å². The highest BCUT2D eigenvalue weighted by molar-refractivity contribution is 7.89. The smallest absolute Gasteiger partial charge is 0.242 e. The standard InChI is InChI=1S/C16H19ClN2O2S/c1-19(2)22(20,21)16-9-4-3-7-14(16)12-18-11-13-6-5-8-15(17)10-13/h3-10,18H,11-12H2,1-2H3. The van der Waals surface area contributed by atoms with Crippen molar-refractivity contribution < 1.29 is 8.42 Å². The fourth-order valence-corrected chi connectivity index (χ4v) is 3.42. The molecule has 2 aromatic rings. The van der Waals surface area contributed by atoms with E-state index in [-0.39, 0.29) is 0 Å². The van der Waals surface area contributed by atoms with Gasteiger partial charge in [-0.1, -0.05) is 41.9 Å². The number of hydrogen-bond acceptors (Lipinski definition) is 3. The Morgan fingerprint density at radius 3 is 2.45 bits per heavy atom. The van der Waals surface area contributed by atoms with Gasteiger partial charge < -0.3 is 5.32 Å². The second-order valence-electron chi connectivity index (χ2n) is 5.13. The van der Waals surface area contributed by atoms with Gasteiger partial charge in [-0.25, -0.2) is 12.7 Å². The third-order valence-corrected chi connectivity index (χ3v) is 5.42. The molecule has 22 heavy (non-hydrogen) atoms. The molecule has 0 saturated heterocycles. The van der Waals surface area contributed by atoms with Gasteiger partial charge in [0.05, 0.1) is 4.90 Å². The summed E-state index contributed by atoms with van der Waals surface area (Å²) in [4.78, 5) is 0.332. The van der Waals surface area contributed by atoms with Crippen molar-refractivity contribution in [3.8, 4) is 0 Å². The third kappa shape index (κ3) is 4.08. The van der Waals surface area contributed by atoms with Crippen LogP contribution in [-0.4, -0.2) is 26.8 Å². The lowest BCUT2D eigenvalue weighted by Crippen LogP contribution is -2.24. The first-order chi connectivity index (χ1) is 10.4. The van der Waals surface area contributed by atoms with Crippen molar-refractivity contribution >= 4 is 21.6 Å². The molecule has 0 fully saturated rings. The molecule has 0 aliphatic carbocycles. The van der Waals surface area contributed by atoms with Crippen LogP contribution in [0, 0.1) is 0 Å². The van der Waals surface area contributed by atoms with Crippen molar-refractivity contribution in [1.82, 2.24) is 9.62 Å². The van der Waals surface area contributed by atoms with E-state index >= 15 is 0 Å². The van der Waals surface area contributed by atoms with Gasteiger partial charge in [0.25, 0.3) is 0 Å². The molecule has 0 aliphatic rings. The molecule has 0 radical (unpaired) electrons. The van der Waals surface area contributed by atoms with E-state index in [0.717, 1.165) is 11.1 Å². The third-order valence-electron chi connectivity index (χ3n) is 3.26. The Morgan fingerprint density at radius 1 is 1.05 bits per heavy atom. The Labute approximate surface area is 136 Å². The number of hydrogen-bond donors (Lipinski definition) is 1. The molecular weight excluding hydrogens is 320 g/mol. The Morgan fingerprint density at radius 2 is 1.77 bits per heavy atom. The van der Waals surface area contributed by atoms with Gasteiger partial charge in [-0.3, -0.25) is 0 Å². The van der Waals surface area contributed by atoms with E-state index in [1.807, 2.05) is 36.4 Å². The SMILES string of the molecule is CN(C)S(=O)(=O)c1ccccc1CNCc1cccc(Cl)c1. The van der Waals surface area contributed by atoms with E-state index in [0.29, 0.717) is 23.0 Å². The highest BCUT2D eigenvalue weighted by Crippen LogP contribution is 2.18. The van der Waals surface area contributed by atoms with Gasteiger partial charge >= 0.3 is 0 Å². The molecule has 0 atom stereocenters. The van der Waals surface area contributed by atoms with Crippen molar-refractivity contribution in [2.24, 2.45) is 0 Å². The summed E-state index contributed by atoms with van der Waals surface area (Å²) in [5.41, 5.74) is 1.80. The van der Waals surface area contributed by atoms with Crippen LogP contribution in [0.15, 0.2) is 53.4 Å². The van der Waals surface area contributed by atoms with E-state index in [4.69, 9.17) is 11.6 Å². The van der Waals surface area contributed by atoms with E-state index < -0.39 is 10.0 Å². The number of halogens is 1. The zero-order valence-electron chi connectivity index (χ0n) is 12.6. The summed E-state index contributed by atoms with van der Waals surface area (Å²) >= 11 is 5.95. The summed E-state index contributed by atoms with van der Waals surface area (Å²) in [7, 11) is -0.371. The van der Waals surface area contributed by atoms with Gasteiger partial charge in [0.2, 0.25) is 10.0 Å². The van der Waals surface area contributed by atoms with Crippen molar-refractivity contribution in [2.45, 2.75) is 18.0 Å². The first-order valence-electron chi connectivity index (χ1n) is 6.87. The zero-order chi connectivity index (χ0) is 16.2. The quantitative estimate of drug-likeness (QED) is 0.881. The maximum atomic E-state index is 12.3. The van der Waals surface area contributed by atoms with Gasteiger partial charge in [0.1, 0.15) is 0 Å². The fraction of sp³-hybridized carbons (Fsp3) is 0.250. The van der Waals surface area contributed by atoms with E-state index in [1.165, 1.54) is 18.4 Å². The Kier molecular flexibility index (Phi) is 5.58. The van der Waals surface area contributed by atoms with E-state index in [1.54, 1.807) is 12.1 Å². The normalized spacial score (nSPS) is 11.8. The second-order valence-corrected chi connectivity index (χ2v) is 7.69. The summed E-state index contributed by atoms with van der Waals surface area (Å²) < 4.78 is 25.8. The molecule has 0 bridgehead atoms. The van der Waals surface area contributed by atoms with Crippen molar-refractivity contribution in [2.75, 3.05) is 14.1 Å². The van der Waals surface area contributed by atoms with Crippen molar-refractivity contribution in [3.05, 3.63) is 64.7 Å². The topological polar surface area (TPSA) is 49.4 Å². The van der Waals surface area contributed by atoms with Crippen LogP contribution < -0.4 is 5.32 Å². The molecule has 4 nitrogen and oxygen atoms in total. The summed E-state index contributed by atoms with van der Waals surface area (Å²) in [5, 5.41) is 3.94. The van der Waals surface area contributed by atoms with Crippen molar-refractivity contribution in [3.63, 3.8) is 0 Å². The van der Waals surface area contributed by atoms with Crippen LogP contribution in [0.2, 0.25) is 5.02 Å². The average Bonchev–Trinajstić information content (AvgIpc) is 2.47. The Balaban J connectivity index is 2.11. The fourth-order valence-electron chi connectivity index (χ4n) is 2.09. The molecule has 2 aromatic carbocycles. The average molecular weight is 339 g/mol. The molecule has 6 heteroatoms. The number of rotatable bonds is 6. The Bertz CT molecular complexity index is 745. The summed E-state index contributed by atoms with van der Waals surface area (Å²) in [6.45, 7) is 1.09. The largest absolute Gasteiger partial charge is 0.309 e. The molecule has 2 rings (SSSR count). The number of nitrogens with zero attached hydrogens (tertiary/aromatic N) is 1. The minimum absolute atomic E-state index is 0.332. The summed E-state index contributed by atoms with van der Waals surface area (Å²) in [5.74, 6) is 0. The molecule has 0 saturated carbocycles. The van der Waals surface area contributed by atoms with Gasteiger partial charge in [0, 0.05) is 32.2 Å². The molecule has 0 aliphatic heterocycles. The summed E-state index contributed by atoms with van der Waals surface area (Å²) in [6, 6.07) is 14.6. The first-order valence-corrected chi connectivity index (χ1v) is 8.68. The first kappa shape index (κ1) is 17.0. The highest BCUT2D eigenvalue weighted by atomic mass is 35.5. The predicted octanol–water partition coefficient (Wildman–Crippen LogP) is 2.88. The van der Waals surface area contributed by atoms with Crippen molar-refractivity contribution in [1.29, 1.82) is 0 Å². The second kappa shape index (κ2) is 7.24. The van der Waals surface area contributed by atoms with E-state index in [9.17, 15) is 8.42 Å². The number of nitrogens with one attached hydrogen (secondary N) is 1. The van der Waals surface area contributed by atoms with E-state index in [2.05, 4.69) is 5.32 Å². The minimum Gasteiger partial charge on any atom is -0.309 e. The lowest BCUT2D eigenvalue weighted by Gasteiger charge is -2.15. The van der Waals surface area contributed by atoms with Gasteiger partial charge in [-0.2, -0.15) is 0 Å². The van der Waals surface area contributed by atoms with Crippen LogP contribution in [0.1, 0.15) is 11.1 Å². The van der Waals surface area contributed by atoms with Crippen LogP contribution in [0.25, 0.3) is 0 Å². The maximum Gasteiger partial charge on any atom is 0.242 e. The molecule has 0 aromatic heterocycles. The zero-order valence-corrected chi connectivity index (χ0v) is 14.2. The Hall–Kier alpha value is -1.40.